The summed E-state index contributed by atoms with van der Waals surface area (Å²) in [5, 5.41) is 0. The minimum Gasteiger partial charge on any atom is -0.207 e. The molecule has 1 unspecified atom stereocenters. The minimum absolute atomic E-state index is 0.0849. The molecule has 1 heterocycles. The summed E-state index contributed by atoms with van der Waals surface area (Å²) in [7, 11) is -3.73. The van der Waals surface area contributed by atoms with Crippen LogP contribution in [0, 0.1) is 5.82 Å². The van der Waals surface area contributed by atoms with Gasteiger partial charge in [-0.25, -0.2) is 17.5 Å². The van der Waals surface area contributed by atoms with E-state index in [1.807, 2.05) is 0 Å². The van der Waals surface area contributed by atoms with Crippen LogP contribution in [0.4, 0.5) is 4.39 Å². The molecule has 0 bridgehead atoms. The van der Waals surface area contributed by atoms with E-state index in [0.29, 0.717) is 0 Å². The molecule has 1 aliphatic heterocycles. The molecule has 0 saturated carbocycles. The Hall–Kier alpha value is -0.590. The summed E-state index contributed by atoms with van der Waals surface area (Å²) < 4.78 is 39.9. The third-order valence-electron chi connectivity index (χ3n) is 2.61. The lowest BCUT2D eigenvalue weighted by Gasteiger charge is -2.22. The molecule has 0 radical (unpaired) electrons. The molecular weight excluding hydrogens is 261 g/mol. The fraction of sp³-hybridized carbons (Fsp3) is 0.455. The molecule has 1 aliphatic rings. The van der Waals surface area contributed by atoms with Crippen molar-refractivity contribution < 1.29 is 12.8 Å². The fourth-order valence-corrected chi connectivity index (χ4v) is 4.31. The number of halogens is 1. The predicted molar refractivity (Wildman–Crippen MR) is 67.1 cm³/mol. The molecule has 0 amide bonds. The molecule has 2 rings (SSSR count). The zero-order chi connectivity index (χ0) is 12.3. The average molecular weight is 275 g/mol. The molecule has 1 aromatic carbocycles. The van der Waals surface area contributed by atoms with Gasteiger partial charge in [0.25, 0.3) is 0 Å². The normalized spacial score (nSPS) is 21.4. The molecule has 1 atom stereocenters. The van der Waals surface area contributed by atoms with Crippen LogP contribution >= 0.6 is 11.8 Å². The molecule has 94 valence electrons. The monoisotopic (exact) mass is 275 g/mol. The summed E-state index contributed by atoms with van der Waals surface area (Å²) in [5.74, 6) is 1.12. The quantitative estimate of drug-likeness (QED) is 0.917. The van der Waals surface area contributed by atoms with Gasteiger partial charge >= 0.3 is 0 Å². The predicted octanol–water partition coefficient (Wildman–Crippen LogP) is 2.00. The van der Waals surface area contributed by atoms with Gasteiger partial charge in [-0.15, -0.1) is 0 Å². The SMILES string of the molecule is O=S(=O)(NC1CCCSC1)c1ccccc1F. The van der Waals surface area contributed by atoms with Gasteiger partial charge in [-0.1, -0.05) is 12.1 Å². The lowest BCUT2D eigenvalue weighted by atomic mass is 10.2. The Morgan fingerprint density at radius 2 is 2.12 bits per heavy atom. The van der Waals surface area contributed by atoms with Crippen LogP contribution in [0.5, 0.6) is 0 Å². The van der Waals surface area contributed by atoms with Crippen LogP contribution in [0.2, 0.25) is 0 Å². The zero-order valence-corrected chi connectivity index (χ0v) is 10.9. The highest BCUT2D eigenvalue weighted by Crippen LogP contribution is 2.20. The van der Waals surface area contributed by atoms with Crippen LogP contribution < -0.4 is 4.72 Å². The van der Waals surface area contributed by atoms with Gasteiger partial charge in [0.1, 0.15) is 10.7 Å². The van der Waals surface area contributed by atoms with Gasteiger partial charge in [-0.3, -0.25) is 0 Å². The number of benzene rings is 1. The van der Waals surface area contributed by atoms with E-state index in [0.717, 1.165) is 30.4 Å². The number of rotatable bonds is 3. The Bertz CT molecular complexity index is 484. The summed E-state index contributed by atoms with van der Waals surface area (Å²) >= 11 is 1.72. The molecule has 0 aromatic heterocycles. The molecule has 1 N–H and O–H groups in total. The first-order valence-corrected chi connectivity index (χ1v) is 8.08. The number of hydrogen-bond acceptors (Lipinski definition) is 3. The zero-order valence-electron chi connectivity index (χ0n) is 9.23. The van der Waals surface area contributed by atoms with Crippen molar-refractivity contribution in [1.82, 2.24) is 4.72 Å². The fourth-order valence-electron chi connectivity index (χ4n) is 1.78. The number of nitrogens with one attached hydrogen (secondary N) is 1. The van der Waals surface area contributed by atoms with Crippen molar-refractivity contribution in [1.29, 1.82) is 0 Å². The van der Waals surface area contributed by atoms with E-state index in [1.165, 1.54) is 18.2 Å². The second-order valence-electron chi connectivity index (χ2n) is 3.97. The average Bonchev–Trinajstić information content (AvgIpc) is 2.30. The Morgan fingerprint density at radius 1 is 1.35 bits per heavy atom. The van der Waals surface area contributed by atoms with E-state index < -0.39 is 15.8 Å². The topological polar surface area (TPSA) is 46.2 Å². The third kappa shape index (κ3) is 3.20. The van der Waals surface area contributed by atoms with Crippen molar-refractivity contribution in [2.75, 3.05) is 11.5 Å². The summed E-state index contributed by atoms with van der Waals surface area (Å²) in [6.07, 6.45) is 1.82. The molecule has 1 fully saturated rings. The van der Waals surface area contributed by atoms with Gasteiger partial charge in [0, 0.05) is 11.8 Å². The van der Waals surface area contributed by atoms with Crippen LogP contribution in [-0.4, -0.2) is 26.0 Å². The van der Waals surface area contributed by atoms with E-state index in [4.69, 9.17) is 0 Å². The summed E-state index contributed by atoms with van der Waals surface area (Å²) in [6.45, 7) is 0. The maximum absolute atomic E-state index is 13.4. The third-order valence-corrected chi connectivity index (χ3v) is 5.38. The Labute approximate surface area is 105 Å². The second kappa shape index (κ2) is 5.37. The van der Waals surface area contributed by atoms with Crippen molar-refractivity contribution >= 4 is 21.8 Å². The molecule has 6 heteroatoms. The summed E-state index contributed by atoms with van der Waals surface area (Å²) in [6, 6.07) is 5.36. The van der Waals surface area contributed by atoms with Crippen LogP contribution in [0.25, 0.3) is 0 Å². The van der Waals surface area contributed by atoms with E-state index >= 15 is 0 Å². The lowest BCUT2D eigenvalue weighted by Crippen LogP contribution is -2.38. The van der Waals surface area contributed by atoms with Crippen molar-refractivity contribution in [3.8, 4) is 0 Å². The molecule has 17 heavy (non-hydrogen) atoms. The van der Waals surface area contributed by atoms with E-state index in [1.54, 1.807) is 11.8 Å². The smallest absolute Gasteiger partial charge is 0.207 e. The molecule has 3 nitrogen and oxygen atoms in total. The van der Waals surface area contributed by atoms with E-state index in [9.17, 15) is 12.8 Å². The van der Waals surface area contributed by atoms with Crippen LogP contribution in [-0.2, 0) is 10.0 Å². The van der Waals surface area contributed by atoms with Crippen LogP contribution in [0.15, 0.2) is 29.2 Å². The highest BCUT2D eigenvalue weighted by Gasteiger charge is 2.24. The van der Waals surface area contributed by atoms with E-state index in [-0.39, 0.29) is 10.9 Å². The number of thioether (sulfide) groups is 1. The van der Waals surface area contributed by atoms with Gasteiger partial charge < -0.3 is 0 Å². The van der Waals surface area contributed by atoms with Gasteiger partial charge in [-0.2, -0.15) is 11.8 Å². The highest BCUT2D eigenvalue weighted by atomic mass is 32.2. The summed E-state index contributed by atoms with van der Waals surface area (Å²) in [5.41, 5.74) is 0. The minimum atomic E-state index is -3.73. The molecule has 1 aromatic rings. The largest absolute Gasteiger partial charge is 0.243 e. The molecular formula is C11H14FNO2S2. The first kappa shape index (κ1) is 12.9. The Balaban J connectivity index is 2.16. The second-order valence-corrected chi connectivity index (χ2v) is 6.80. The van der Waals surface area contributed by atoms with Crippen LogP contribution in [0.3, 0.4) is 0 Å². The molecule has 0 spiro atoms. The number of sulfonamides is 1. The van der Waals surface area contributed by atoms with E-state index in [2.05, 4.69) is 4.72 Å². The van der Waals surface area contributed by atoms with Crippen molar-refractivity contribution in [2.24, 2.45) is 0 Å². The Kier molecular flexibility index (Phi) is 4.06. The Morgan fingerprint density at radius 3 is 2.76 bits per heavy atom. The molecule has 1 saturated heterocycles. The van der Waals surface area contributed by atoms with Gasteiger partial charge in [0.15, 0.2) is 0 Å². The van der Waals surface area contributed by atoms with Gasteiger partial charge in [-0.05, 0) is 30.7 Å². The van der Waals surface area contributed by atoms with Crippen molar-refractivity contribution in [3.05, 3.63) is 30.1 Å². The molecule has 0 aliphatic carbocycles. The number of hydrogen-bond donors (Lipinski definition) is 1. The first-order valence-electron chi connectivity index (χ1n) is 5.44. The van der Waals surface area contributed by atoms with Gasteiger partial charge in [0.2, 0.25) is 10.0 Å². The lowest BCUT2D eigenvalue weighted by molar-refractivity contribution is 0.530. The van der Waals surface area contributed by atoms with Crippen molar-refractivity contribution in [3.63, 3.8) is 0 Å². The highest BCUT2D eigenvalue weighted by molar-refractivity contribution is 7.99. The van der Waals surface area contributed by atoms with Crippen molar-refractivity contribution in [2.45, 2.75) is 23.8 Å². The maximum Gasteiger partial charge on any atom is 0.243 e. The summed E-state index contributed by atoms with van der Waals surface area (Å²) in [4.78, 5) is -0.268. The van der Waals surface area contributed by atoms with Crippen LogP contribution in [0.1, 0.15) is 12.8 Å². The maximum atomic E-state index is 13.4. The van der Waals surface area contributed by atoms with Gasteiger partial charge in [0.05, 0.1) is 0 Å². The first-order chi connectivity index (χ1) is 8.09. The standard InChI is InChI=1S/C11H14FNO2S2/c12-10-5-1-2-6-11(10)17(14,15)13-9-4-3-7-16-8-9/h1-2,5-6,9,13H,3-4,7-8H2.